The van der Waals surface area contributed by atoms with E-state index >= 15 is 0 Å². The van der Waals surface area contributed by atoms with Gasteiger partial charge in [-0.05, 0) is 6.92 Å². The summed E-state index contributed by atoms with van der Waals surface area (Å²) < 4.78 is 0. The first kappa shape index (κ1) is 37.8. The first-order valence-corrected chi connectivity index (χ1v) is 8.23. The molecular weight excluding hydrogens is 303 g/mol. The van der Waals surface area contributed by atoms with Gasteiger partial charge in [0, 0.05) is 0 Å². The molecule has 1 fully saturated rings. The van der Waals surface area contributed by atoms with Crippen molar-refractivity contribution < 1.29 is 18.6 Å². The van der Waals surface area contributed by atoms with E-state index in [9.17, 15) is 0 Å². The standard InChI is InChI=1S/C7H8.C6H11.3C2H6.CH4.CH3.V/c1-7-5-3-2-4-6-7;1-2-4-6-5-3-1;3*1-2;;;/h2-6H,1H3;1H,2-6H2;3*1-2H3;1H4;1H3;/q;-1;;;;;-1;+2. The fourth-order valence-corrected chi connectivity index (χ4v) is 1.43. The van der Waals surface area contributed by atoms with Gasteiger partial charge in [-0.25, -0.2) is 0 Å². The zero-order valence-electron chi connectivity index (χ0n) is 15.9. The molecule has 22 heavy (non-hydrogen) atoms. The third-order valence-electron chi connectivity index (χ3n) is 2.26. The van der Waals surface area contributed by atoms with Gasteiger partial charge in [-0.15, -0.1) is 0 Å². The molecule has 1 aliphatic carbocycles. The summed E-state index contributed by atoms with van der Waals surface area (Å²) in [5, 5.41) is 0. The minimum absolute atomic E-state index is 0. The number of hydrogen-bond donors (Lipinski definition) is 0. The zero-order valence-corrected chi connectivity index (χ0v) is 17.3. The molecule has 1 heteroatoms. The molecule has 0 amide bonds. The fourth-order valence-electron chi connectivity index (χ4n) is 1.43. The number of benzene rings is 1. The average molecular weight is 348 g/mol. The van der Waals surface area contributed by atoms with Crippen molar-refractivity contribution in [1.82, 2.24) is 0 Å². The van der Waals surface area contributed by atoms with Crippen LogP contribution in [0.4, 0.5) is 0 Å². The Morgan fingerprint density at radius 1 is 0.727 bits per heavy atom. The van der Waals surface area contributed by atoms with Crippen LogP contribution in [0, 0.1) is 20.8 Å². The van der Waals surface area contributed by atoms with Gasteiger partial charge < -0.3 is 13.8 Å². The Morgan fingerprint density at radius 2 is 1.09 bits per heavy atom. The van der Waals surface area contributed by atoms with Crippen LogP contribution in [-0.2, 0) is 18.6 Å². The smallest absolute Gasteiger partial charge is 0.358 e. The maximum absolute atomic E-state index is 2.39. The Hall–Kier alpha value is -0.196. The van der Waals surface area contributed by atoms with Gasteiger partial charge in [-0.3, -0.25) is 0 Å². The van der Waals surface area contributed by atoms with Gasteiger partial charge in [0.25, 0.3) is 0 Å². The predicted octanol–water partition coefficient (Wildman–Crippen LogP) is 8.31. The maximum atomic E-state index is 2.39. The van der Waals surface area contributed by atoms with Crippen LogP contribution in [-0.4, -0.2) is 0 Å². The molecule has 1 radical (unpaired) electrons. The molecule has 2 rings (SSSR count). The van der Waals surface area contributed by atoms with E-state index in [4.69, 9.17) is 0 Å². The first-order valence-electron chi connectivity index (χ1n) is 8.23. The molecule has 0 N–H and O–H groups in total. The number of hydrogen-bond acceptors (Lipinski definition) is 0. The van der Waals surface area contributed by atoms with Gasteiger partial charge in [0.05, 0.1) is 0 Å². The average Bonchev–Trinajstić information content (AvgIpc) is 2.56. The number of rotatable bonds is 0. The second-order valence-corrected chi connectivity index (χ2v) is 3.58. The summed E-state index contributed by atoms with van der Waals surface area (Å²) in [6, 6.07) is 10.3. The van der Waals surface area contributed by atoms with Gasteiger partial charge in [0.2, 0.25) is 0 Å². The summed E-state index contributed by atoms with van der Waals surface area (Å²) >= 11 is 0. The first-order chi connectivity index (χ1) is 9.39. The van der Waals surface area contributed by atoms with Crippen LogP contribution in [0.1, 0.15) is 86.6 Å². The van der Waals surface area contributed by atoms with Crippen LogP contribution >= 0.6 is 0 Å². The normalized spacial score (nSPS) is 10.1. The summed E-state index contributed by atoms with van der Waals surface area (Å²) in [5.41, 5.74) is 1.32. The molecule has 0 aromatic heterocycles. The SMILES string of the molecule is C.CC.CC.CC.Cc1ccccc1.[CH-]1CCCCC1.[CH3-].[V+2]. The molecule has 1 aromatic rings. The Balaban J connectivity index is -0.0000000397. The summed E-state index contributed by atoms with van der Waals surface area (Å²) in [6.07, 6.45) is 9.50. The van der Waals surface area contributed by atoms with Gasteiger partial charge in [0.15, 0.2) is 0 Å². The van der Waals surface area contributed by atoms with E-state index < -0.39 is 0 Å². The van der Waals surface area contributed by atoms with Crippen LogP contribution in [0.2, 0.25) is 0 Å². The second kappa shape index (κ2) is 42.8. The van der Waals surface area contributed by atoms with Crippen molar-refractivity contribution in [3.8, 4) is 0 Å². The van der Waals surface area contributed by atoms with Crippen LogP contribution in [0.5, 0.6) is 0 Å². The molecule has 0 saturated heterocycles. The quantitative estimate of drug-likeness (QED) is 0.414. The maximum Gasteiger partial charge on any atom is 2.00 e. The monoisotopic (exact) mass is 347 g/mol. The molecule has 0 heterocycles. The summed E-state index contributed by atoms with van der Waals surface area (Å²) in [6.45, 7) is 14.1. The van der Waals surface area contributed by atoms with E-state index in [1.165, 1.54) is 37.7 Å². The molecule has 1 saturated carbocycles. The third-order valence-corrected chi connectivity index (χ3v) is 2.26. The van der Waals surface area contributed by atoms with Gasteiger partial charge in [-0.2, -0.15) is 12.8 Å². The molecule has 0 aliphatic heterocycles. The van der Waals surface area contributed by atoms with Crippen LogP contribution in [0.25, 0.3) is 0 Å². The Bertz CT molecular complexity index is 191. The van der Waals surface area contributed by atoms with Crippen molar-refractivity contribution in [3.63, 3.8) is 0 Å². The van der Waals surface area contributed by atoms with Crippen molar-refractivity contribution >= 4 is 0 Å². The molecule has 0 spiro atoms. The van der Waals surface area contributed by atoms with Gasteiger partial charge in [-0.1, -0.05) is 104 Å². The molecule has 0 atom stereocenters. The zero-order chi connectivity index (χ0) is 15.4. The third kappa shape index (κ3) is 36.7. The van der Waals surface area contributed by atoms with Crippen molar-refractivity contribution in [1.29, 1.82) is 0 Å². The van der Waals surface area contributed by atoms with Crippen molar-refractivity contribution in [2.75, 3.05) is 0 Å². The minimum atomic E-state index is 0. The van der Waals surface area contributed by atoms with Crippen LogP contribution < -0.4 is 0 Å². The molecular formula is C21H44V. The Labute approximate surface area is 156 Å². The van der Waals surface area contributed by atoms with E-state index in [1.807, 2.05) is 59.7 Å². The number of aryl methyl sites for hydroxylation is 1. The molecule has 133 valence electrons. The summed E-state index contributed by atoms with van der Waals surface area (Å²) in [5.74, 6) is 0. The predicted molar refractivity (Wildman–Crippen MR) is 106 cm³/mol. The van der Waals surface area contributed by atoms with Crippen molar-refractivity contribution in [2.24, 2.45) is 0 Å². The summed E-state index contributed by atoms with van der Waals surface area (Å²) in [7, 11) is 0. The van der Waals surface area contributed by atoms with E-state index in [1.54, 1.807) is 0 Å². The molecule has 0 nitrogen and oxygen atoms in total. The van der Waals surface area contributed by atoms with E-state index in [0.717, 1.165) is 0 Å². The topological polar surface area (TPSA) is 0 Å². The van der Waals surface area contributed by atoms with Crippen LogP contribution in [0.15, 0.2) is 30.3 Å². The Kier molecular flexibility index (Phi) is 73.5. The molecule has 1 aromatic carbocycles. The van der Waals surface area contributed by atoms with Gasteiger partial charge >= 0.3 is 18.6 Å². The summed E-state index contributed by atoms with van der Waals surface area (Å²) in [4.78, 5) is 0. The second-order valence-electron chi connectivity index (χ2n) is 3.58. The van der Waals surface area contributed by atoms with Gasteiger partial charge in [0.1, 0.15) is 0 Å². The van der Waals surface area contributed by atoms with E-state index in [-0.39, 0.29) is 33.4 Å². The largest absolute Gasteiger partial charge is 2.00 e. The Morgan fingerprint density at radius 3 is 1.23 bits per heavy atom. The molecule has 0 unspecified atom stereocenters. The van der Waals surface area contributed by atoms with Crippen molar-refractivity contribution in [3.05, 3.63) is 49.7 Å². The fraction of sp³-hybridized carbons (Fsp3) is 0.619. The van der Waals surface area contributed by atoms with Crippen LogP contribution in [0.3, 0.4) is 0 Å². The minimum Gasteiger partial charge on any atom is -0.358 e. The van der Waals surface area contributed by atoms with E-state index in [0.29, 0.717) is 0 Å². The van der Waals surface area contributed by atoms with E-state index in [2.05, 4.69) is 25.5 Å². The molecule has 0 bridgehead atoms. The van der Waals surface area contributed by atoms with Crippen molar-refractivity contribution in [2.45, 2.75) is 88.0 Å². The molecule has 1 aliphatic rings.